The first kappa shape index (κ1) is 14.4. The molecule has 2 aromatic carbocycles. The molecule has 2 N–H and O–H groups in total. The third-order valence-electron chi connectivity index (χ3n) is 3.87. The van der Waals surface area contributed by atoms with Gasteiger partial charge in [0.1, 0.15) is 0 Å². The van der Waals surface area contributed by atoms with E-state index in [1.807, 2.05) is 43.3 Å². The van der Waals surface area contributed by atoms with Crippen LogP contribution in [-0.4, -0.2) is 19.1 Å². The molecule has 0 radical (unpaired) electrons. The zero-order valence-corrected chi connectivity index (χ0v) is 12.8. The van der Waals surface area contributed by atoms with Crippen LogP contribution in [0.2, 0.25) is 0 Å². The minimum atomic E-state index is -0.223. The fraction of sp³-hybridized carbons (Fsp3) is 0.278. The van der Waals surface area contributed by atoms with E-state index in [0.29, 0.717) is 0 Å². The number of rotatable bonds is 3. The lowest BCUT2D eigenvalue weighted by Gasteiger charge is -2.17. The van der Waals surface area contributed by atoms with Gasteiger partial charge in [0.25, 0.3) is 0 Å². The Kier molecular flexibility index (Phi) is 4.28. The van der Waals surface area contributed by atoms with Crippen molar-refractivity contribution >= 4 is 23.1 Å². The van der Waals surface area contributed by atoms with Gasteiger partial charge in [-0.2, -0.15) is 0 Å². The number of nitrogens with one attached hydrogen (secondary N) is 2. The largest absolute Gasteiger partial charge is 0.372 e. The number of nitrogens with zero attached hydrogens (tertiary/aromatic N) is 1. The first-order chi connectivity index (χ1) is 10.7. The van der Waals surface area contributed by atoms with E-state index < -0.39 is 0 Å². The summed E-state index contributed by atoms with van der Waals surface area (Å²) in [6, 6.07) is 15.5. The van der Waals surface area contributed by atoms with Gasteiger partial charge < -0.3 is 15.5 Å². The van der Waals surface area contributed by atoms with Gasteiger partial charge in [-0.25, -0.2) is 4.79 Å². The van der Waals surface area contributed by atoms with Crippen molar-refractivity contribution in [3.05, 3.63) is 54.1 Å². The minimum absolute atomic E-state index is 0.223. The van der Waals surface area contributed by atoms with Gasteiger partial charge in [0.05, 0.1) is 0 Å². The molecule has 0 aliphatic carbocycles. The number of carbonyl (C=O) groups excluding carboxylic acids is 1. The summed E-state index contributed by atoms with van der Waals surface area (Å²) in [6.07, 6.45) is 2.53. The fourth-order valence-electron chi connectivity index (χ4n) is 2.75. The van der Waals surface area contributed by atoms with E-state index in [1.165, 1.54) is 18.5 Å². The Morgan fingerprint density at radius 1 is 0.955 bits per heavy atom. The SMILES string of the molecule is Cc1cccc(NC(=O)Nc2ccc(N3CCCC3)cc2)c1. The zero-order chi connectivity index (χ0) is 15.4. The lowest BCUT2D eigenvalue weighted by atomic mass is 10.2. The van der Waals surface area contributed by atoms with Gasteiger partial charge in [-0.1, -0.05) is 12.1 Å². The van der Waals surface area contributed by atoms with E-state index in [0.717, 1.165) is 30.0 Å². The van der Waals surface area contributed by atoms with Gasteiger partial charge in [0.2, 0.25) is 0 Å². The van der Waals surface area contributed by atoms with Gasteiger partial charge in [0, 0.05) is 30.2 Å². The summed E-state index contributed by atoms with van der Waals surface area (Å²) in [7, 11) is 0. The third kappa shape index (κ3) is 3.58. The molecule has 1 saturated heterocycles. The second-order valence-corrected chi connectivity index (χ2v) is 5.69. The van der Waals surface area contributed by atoms with Crippen molar-refractivity contribution in [1.29, 1.82) is 0 Å². The Balaban J connectivity index is 1.59. The summed E-state index contributed by atoms with van der Waals surface area (Å²) in [4.78, 5) is 14.4. The molecule has 1 aliphatic rings. The topological polar surface area (TPSA) is 44.4 Å². The summed E-state index contributed by atoms with van der Waals surface area (Å²) < 4.78 is 0. The first-order valence-corrected chi connectivity index (χ1v) is 7.70. The number of amides is 2. The van der Waals surface area contributed by atoms with Crippen LogP contribution in [0.5, 0.6) is 0 Å². The van der Waals surface area contributed by atoms with Crippen LogP contribution < -0.4 is 15.5 Å². The Bertz CT molecular complexity index is 646. The van der Waals surface area contributed by atoms with E-state index in [-0.39, 0.29) is 6.03 Å². The van der Waals surface area contributed by atoms with Crippen molar-refractivity contribution in [2.24, 2.45) is 0 Å². The Labute approximate surface area is 131 Å². The van der Waals surface area contributed by atoms with Crippen LogP contribution in [0.3, 0.4) is 0 Å². The highest BCUT2D eigenvalue weighted by atomic mass is 16.2. The van der Waals surface area contributed by atoms with Crippen LogP contribution in [0.1, 0.15) is 18.4 Å². The van der Waals surface area contributed by atoms with Crippen molar-refractivity contribution in [3.63, 3.8) is 0 Å². The first-order valence-electron chi connectivity index (χ1n) is 7.70. The maximum atomic E-state index is 12.0. The maximum Gasteiger partial charge on any atom is 0.323 e. The smallest absolute Gasteiger partial charge is 0.323 e. The van der Waals surface area contributed by atoms with Crippen LogP contribution in [0.15, 0.2) is 48.5 Å². The van der Waals surface area contributed by atoms with Gasteiger partial charge in [-0.05, 0) is 61.7 Å². The molecular weight excluding hydrogens is 274 g/mol. The van der Waals surface area contributed by atoms with Gasteiger partial charge in [0.15, 0.2) is 0 Å². The van der Waals surface area contributed by atoms with Crippen molar-refractivity contribution < 1.29 is 4.79 Å². The van der Waals surface area contributed by atoms with E-state index in [4.69, 9.17) is 0 Å². The van der Waals surface area contributed by atoms with E-state index in [2.05, 4.69) is 27.7 Å². The average molecular weight is 295 g/mol. The number of aryl methyl sites for hydroxylation is 1. The summed E-state index contributed by atoms with van der Waals surface area (Å²) in [5.74, 6) is 0. The van der Waals surface area contributed by atoms with Gasteiger partial charge in [-0.3, -0.25) is 0 Å². The molecular formula is C18H21N3O. The number of urea groups is 1. The monoisotopic (exact) mass is 295 g/mol. The molecule has 0 unspecified atom stereocenters. The maximum absolute atomic E-state index is 12.0. The lowest BCUT2D eigenvalue weighted by Crippen LogP contribution is -2.20. The standard InChI is InChI=1S/C18H21N3O/c1-14-5-4-6-16(13-14)20-18(22)19-15-7-9-17(10-8-15)21-11-2-3-12-21/h4-10,13H,2-3,11-12H2,1H3,(H2,19,20,22). The minimum Gasteiger partial charge on any atom is -0.372 e. The number of hydrogen-bond acceptors (Lipinski definition) is 2. The highest BCUT2D eigenvalue weighted by molar-refractivity contribution is 5.99. The van der Waals surface area contributed by atoms with E-state index in [9.17, 15) is 4.79 Å². The molecule has 114 valence electrons. The van der Waals surface area contributed by atoms with Crippen LogP contribution in [0.25, 0.3) is 0 Å². The molecule has 4 heteroatoms. The molecule has 1 fully saturated rings. The quantitative estimate of drug-likeness (QED) is 0.889. The number of anilines is 3. The molecule has 0 atom stereocenters. The van der Waals surface area contributed by atoms with E-state index >= 15 is 0 Å². The molecule has 4 nitrogen and oxygen atoms in total. The van der Waals surface area contributed by atoms with E-state index in [1.54, 1.807) is 0 Å². The number of carbonyl (C=O) groups is 1. The average Bonchev–Trinajstić information content (AvgIpc) is 3.02. The summed E-state index contributed by atoms with van der Waals surface area (Å²) >= 11 is 0. The van der Waals surface area contributed by atoms with Crippen molar-refractivity contribution in [1.82, 2.24) is 0 Å². The third-order valence-corrected chi connectivity index (χ3v) is 3.87. The predicted octanol–water partition coefficient (Wildman–Crippen LogP) is 4.24. The molecule has 22 heavy (non-hydrogen) atoms. The molecule has 2 amide bonds. The Hall–Kier alpha value is -2.49. The summed E-state index contributed by atoms with van der Waals surface area (Å²) in [6.45, 7) is 4.25. The number of benzene rings is 2. The normalized spacial score (nSPS) is 14.0. The van der Waals surface area contributed by atoms with Crippen LogP contribution in [0.4, 0.5) is 21.9 Å². The summed E-state index contributed by atoms with van der Waals surface area (Å²) in [5.41, 5.74) is 3.94. The molecule has 0 saturated carbocycles. The molecule has 0 bridgehead atoms. The predicted molar refractivity (Wildman–Crippen MR) is 91.7 cm³/mol. The lowest BCUT2D eigenvalue weighted by molar-refractivity contribution is 0.262. The van der Waals surface area contributed by atoms with Crippen LogP contribution >= 0.6 is 0 Å². The van der Waals surface area contributed by atoms with Crippen molar-refractivity contribution in [2.45, 2.75) is 19.8 Å². The summed E-state index contributed by atoms with van der Waals surface area (Å²) in [5, 5.41) is 5.70. The van der Waals surface area contributed by atoms with Crippen molar-refractivity contribution in [2.75, 3.05) is 28.6 Å². The fourth-order valence-corrected chi connectivity index (χ4v) is 2.75. The second-order valence-electron chi connectivity index (χ2n) is 5.69. The van der Waals surface area contributed by atoms with Crippen LogP contribution in [-0.2, 0) is 0 Å². The van der Waals surface area contributed by atoms with Crippen LogP contribution in [0, 0.1) is 6.92 Å². The number of hydrogen-bond donors (Lipinski definition) is 2. The highest BCUT2D eigenvalue weighted by Gasteiger charge is 2.12. The molecule has 0 spiro atoms. The molecule has 3 rings (SSSR count). The molecule has 2 aromatic rings. The van der Waals surface area contributed by atoms with Gasteiger partial charge in [-0.15, -0.1) is 0 Å². The Morgan fingerprint density at radius 3 is 2.32 bits per heavy atom. The highest BCUT2D eigenvalue weighted by Crippen LogP contribution is 2.22. The van der Waals surface area contributed by atoms with Crippen molar-refractivity contribution in [3.8, 4) is 0 Å². The second kappa shape index (κ2) is 6.52. The molecule has 1 heterocycles. The Morgan fingerprint density at radius 2 is 1.64 bits per heavy atom. The molecule has 1 aliphatic heterocycles. The molecule has 0 aromatic heterocycles. The van der Waals surface area contributed by atoms with Gasteiger partial charge >= 0.3 is 6.03 Å². The zero-order valence-electron chi connectivity index (χ0n) is 12.8.